The standard InChI is InChI=1S/C13H13IN2/c1-8-4-9(2)16-13(5-8)12-6-11(14)7-15-10(12)3/h4-7H,1-3H3. The van der Waals surface area contributed by atoms with Gasteiger partial charge in [0.15, 0.2) is 0 Å². The molecule has 0 amide bonds. The molecule has 2 aromatic heterocycles. The molecule has 2 nitrogen and oxygen atoms in total. The normalized spacial score (nSPS) is 10.5. The molecule has 0 aliphatic rings. The minimum atomic E-state index is 1.01. The van der Waals surface area contributed by atoms with Gasteiger partial charge in [-0.15, -0.1) is 0 Å². The predicted octanol–water partition coefficient (Wildman–Crippen LogP) is 3.67. The second-order valence-corrected chi connectivity index (χ2v) is 5.20. The van der Waals surface area contributed by atoms with E-state index in [-0.39, 0.29) is 0 Å². The van der Waals surface area contributed by atoms with Gasteiger partial charge in [0.2, 0.25) is 0 Å². The van der Waals surface area contributed by atoms with E-state index in [0.29, 0.717) is 0 Å². The first kappa shape index (κ1) is 11.5. The Morgan fingerprint density at radius 2 is 1.81 bits per heavy atom. The monoisotopic (exact) mass is 324 g/mol. The van der Waals surface area contributed by atoms with E-state index in [4.69, 9.17) is 0 Å². The van der Waals surface area contributed by atoms with Crippen LogP contribution < -0.4 is 0 Å². The Labute approximate surface area is 109 Å². The molecule has 0 saturated carbocycles. The Morgan fingerprint density at radius 1 is 1.06 bits per heavy atom. The van der Waals surface area contributed by atoms with E-state index in [9.17, 15) is 0 Å². The molecule has 0 aliphatic carbocycles. The lowest BCUT2D eigenvalue weighted by Gasteiger charge is -2.07. The van der Waals surface area contributed by atoms with Crippen LogP contribution in [0.1, 0.15) is 17.0 Å². The lowest BCUT2D eigenvalue weighted by molar-refractivity contribution is 1.14. The molecule has 0 spiro atoms. The van der Waals surface area contributed by atoms with E-state index in [1.54, 1.807) is 0 Å². The van der Waals surface area contributed by atoms with Crippen LogP contribution in [0.3, 0.4) is 0 Å². The quantitative estimate of drug-likeness (QED) is 0.748. The highest BCUT2D eigenvalue weighted by atomic mass is 127. The molecule has 0 aromatic carbocycles. The molecule has 0 N–H and O–H groups in total. The average Bonchev–Trinajstić information content (AvgIpc) is 2.20. The third kappa shape index (κ3) is 2.40. The summed E-state index contributed by atoms with van der Waals surface area (Å²) in [7, 11) is 0. The Morgan fingerprint density at radius 3 is 2.50 bits per heavy atom. The van der Waals surface area contributed by atoms with Gasteiger partial charge in [-0.05, 0) is 67.1 Å². The average molecular weight is 324 g/mol. The van der Waals surface area contributed by atoms with E-state index in [1.807, 2.05) is 20.0 Å². The molecule has 0 bridgehead atoms. The Balaban J connectivity index is 2.62. The van der Waals surface area contributed by atoms with Crippen molar-refractivity contribution in [2.45, 2.75) is 20.8 Å². The van der Waals surface area contributed by atoms with Gasteiger partial charge in [0.1, 0.15) is 0 Å². The fourth-order valence-corrected chi connectivity index (χ4v) is 2.20. The van der Waals surface area contributed by atoms with E-state index < -0.39 is 0 Å². The summed E-state index contributed by atoms with van der Waals surface area (Å²) >= 11 is 2.28. The summed E-state index contributed by atoms with van der Waals surface area (Å²) in [6.45, 7) is 6.13. The molecule has 16 heavy (non-hydrogen) atoms. The maximum atomic E-state index is 4.56. The number of aromatic nitrogens is 2. The third-order valence-electron chi connectivity index (χ3n) is 2.43. The smallest absolute Gasteiger partial charge is 0.0726 e. The molecular formula is C13H13IN2. The van der Waals surface area contributed by atoms with E-state index in [1.165, 1.54) is 5.56 Å². The van der Waals surface area contributed by atoms with Crippen LogP contribution in [-0.4, -0.2) is 9.97 Å². The molecule has 0 saturated heterocycles. The maximum Gasteiger partial charge on any atom is 0.0726 e. The van der Waals surface area contributed by atoms with Gasteiger partial charge in [0.25, 0.3) is 0 Å². The summed E-state index contributed by atoms with van der Waals surface area (Å²) in [4.78, 5) is 8.93. The van der Waals surface area contributed by atoms with Gasteiger partial charge in [0, 0.05) is 26.7 Å². The van der Waals surface area contributed by atoms with Crippen LogP contribution in [0.5, 0.6) is 0 Å². The zero-order valence-corrected chi connectivity index (χ0v) is 11.7. The Bertz CT molecular complexity index is 515. The number of aryl methyl sites for hydroxylation is 3. The van der Waals surface area contributed by atoms with Crippen LogP contribution in [0.2, 0.25) is 0 Å². The molecule has 0 unspecified atom stereocenters. The van der Waals surface area contributed by atoms with E-state index in [2.05, 4.69) is 57.7 Å². The zero-order valence-electron chi connectivity index (χ0n) is 9.58. The minimum absolute atomic E-state index is 1.01. The lowest BCUT2D eigenvalue weighted by Crippen LogP contribution is -1.94. The van der Waals surface area contributed by atoms with E-state index >= 15 is 0 Å². The van der Waals surface area contributed by atoms with Crippen molar-refractivity contribution in [2.75, 3.05) is 0 Å². The van der Waals surface area contributed by atoms with E-state index in [0.717, 1.165) is 26.2 Å². The van der Waals surface area contributed by atoms with Crippen molar-refractivity contribution in [1.82, 2.24) is 9.97 Å². The predicted molar refractivity (Wildman–Crippen MR) is 74.4 cm³/mol. The minimum Gasteiger partial charge on any atom is -0.260 e. The highest BCUT2D eigenvalue weighted by Gasteiger charge is 2.06. The van der Waals surface area contributed by atoms with Crippen LogP contribution in [0.15, 0.2) is 24.4 Å². The second kappa shape index (κ2) is 4.49. The first-order chi connectivity index (χ1) is 7.56. The van der Waals surface area contributed by atoms with Crippen molar-refractivity contribution in [2.24, 2.45) is 0 Å². The van der Waals surface area contributed by atoms with Gasteiger partial charge in [0.05, 0.1) is 5.69 Å². The molecule has 0 fully saturated rings. The van der Waals surface area contributed by atoms with Gasteiger partial charge >= 0.3 is 0 Å². The molecule has 2 rings (SSSR count). The molecular weight excluding hydrogens is 311 g/mol. The second-order valence-electron chi connectivity index (χ2n) is 3.96. The van der Waals surface area contributed by atoms with Crippen LogP contribution in [-0.2, 0) is 0 Å². The summed E-state index contributed by atoms with van der Waals surface area (Å²) in [6, 6.07) is 6.32. The number of halogens is 1. The highest BCUT2D eigenvalue weighted by Crippen LogP contribution is 2.23. The molecule has 2 heterocycles. The molecule has 0 radical (unpaired) electrons. The Kier molecular flexibility index (Phi) is 3.23. The largest absolute Gasteiger partial charge is 0.260 e. The van der Waals surface area contributed by atoms with Crippen LogP contribution in [0.25, 0.3) is 11.3 Å². The SMILES string of the molecule is Cc1cc(C)nc(-c2cc(I)cnc2C)c1. The van der Waals surface area contributed by atoms with Crippen molar-refractivity contribution in [3.8, 4) is 11.3 Å². The van der Waals surface area contributed by atoms with Gasteiger partial charge in [-0.2, -0.15) is 0 Å². The van der Waals surface area contributed by atoms with Gasteiger partial charge < -0.3 is 0 Å². The van der Waals surface area contributed by atoms with Crippen molar-refractivity contribution in [3.05, 3.63) is 44.9 Å². The summed E-state index contributed by atoms with van der Waals surface area (Å²) in [5, 5.41) is 0. The van der Waals surface area contributed by atoms with Gasteiger partial charge in [-0.3, -0.25) is 9.97 Å². The fourth-order valence-electron chi connectivity index (χ4n) is 1.75. The van der Waals surface area contributed by atoms with Crippen molar-refractivity contribution < 1.29 is 0 Å². The van der Waals surface area contributed by atoms with Crippen LogP contribution in [0, 0.1) is 24.3 Å². The molecule has 82 valence electrons. The Hall–Kier alpha value is -0.970. The first-order valence-electron chi connectivity index (χ1n) is 5.14. The lowest BCUT2D eigenvalue weighted by atomic mass is 10.1. The van der Waals surface area contributed by atoms with Crippen LogP contribution in [0.4, 0.5) is 0 Å². The van der Waals surface area contributed by atoms with Crippen molar-refractivity contribution in [3.63, 3.8) is 0 Å². The molecule has 0 aliphatic heterocycles. The number of rotatable bonds is 1. The van der Waals surface area contributed by atoms with Gasteiger partial charge in [-0.25, -0.2) is 0 Å². The third-order valence-corrected chi connectivity index (χ3v) is 3.02. The molecule has 2 aromatic rings. The zero-order chi connectivity index (χ0) is 11.7. The molecule has 0 atom stereocenters. The van der Waals surface area contributed by atoms with Crippen LogP contribution >= 0.6 is 22.6 Å². The number of nitrogens with zero attached hydrogens (tertiary/aromatic N) is 2. The summed E-state index contributed by atoms with van der Waals surface area (Å²) in [5.41, 5.74) is 5.45. The molecule has 3 heteroatoms. The fraction of sp³-hybridized carbons (Fsp3) is 0.231. The van der Waals surface area contributed by atoms with Crippen molar-refractivity contribution in [1.29, 1.82) is 0 Å². The highest BCUT2D eigenvalue weighted by molar-refractivity contribution is 14.1. The number of pyridine rings is 2. The van der Waals surface area contributed by atoms with Gasteiger partial charge in [-0.1, -0.05) is 0 Å². The number of hydrogen-bond acceptors (Lipinski definition) is 2. The summed E-state index contributed by atoms with van der Waals surface area (Å²) < 4.78 is 1.14. The maximum absolute atomic E-state index is 4.56. The first-order valence-corrected chi connectivity index (χ1v) is 6.22. The topological polar surface area (TPSA) is 25.8 Å². The number of hydrogen-bond donors (Lipinski definition) is 0. The summed E-state index contributed by atoms with van der Waals surface area (Å²) in [5.74, 6) is 0. The van der Waals surface area contributed by atoms with Crippen molar-refractivity contribution >= 4 is 22.6 Å². The summed E-state index contributed by atoms with van der Waals surface area (Å²) in [6.07, 6.45) is 1.88.